The van der Waals surface area contributed by atoms with E-state index >= 15 is 0 Å². The fraction of sp³-hybridized carbons (Fsp3) is 0.533. The van der Waals surface area contributed by atoms with Gasteiger partial charge in [0, 0.05) is 24.6 Å². The minimum absolute atomic E-state index is 0.165. The van der Waals surface area contributed by atoms with E-state index in [2.05, 4.69) is 41.8 Å². The summed E-state index contributed by atoms with van der Waals surface area (Å²) in [5.74, 6) is 1.85. The van der Waals surface area contributed by atoms with Crippen molar-refractivity contribution in [2.24, 2.45) is 0 Å². The number of aliphatic hydroxyl groups excluding tert-OH is 1. The zero-order valence-corrected chi connectivity index (χ0v) is 13.0. The van der Waals surface area contributed by atoms with Gasteiger partial charge in [-0.1, -0.05) is 29.8 Å². The Bertz CT molecular complexity index is 393. The third-order valence-electron chi connectivity index (χ3n) is 2.77. The van der Waals surface area contributed by atoms with Gasteiger partial charge in [-0.3, -0.25) is 0 Å². The molecule has 112 valence electrons. The lowest BCUT2D eigenvalue weighted by atomic mass is 10.2. The van der Waals surface area contributed by atoms with E-state index in [9.17, 15) is 4.79 Å². The van der Waals surface area contributed by atoms with Gasteiger partial charge in [-0.2, -0.15) is 11.8 Å². The van der Waals surface area contributed by atoms with Crippen LogP contribution >= 0.6 is 11.8 Å². The van der Waals surface area contributed by atoms with Crippen LogP contribution in [-0.2, 0) is 5.75 Å². The topological polar surface area (TPSA) is 61.4 Å². The van der Waals surface area contributed by atoms with E-state index in [1.165, 1.54) is 11.1 Å². The molecular weight excluding hydrogens is 272 g/mol. The molecule has 0 fully saturated rings. The van der Waals surface area contributed by atoms with E-state index in [1.807, 2.05) is 0 Å². The van der Waals surface area contributed by atoms with Crippen molar-refractivity contribution in [3.63, 3.8) is 0 Å². The van der Waals surface area contributed by atoms with Crippen LogP contribution in [0, 0.1) is 6.92 Å². The molecule has 1 rings (SSSR count). The van der Waals surface area contributed by atoms with Crippen molar-refractivity contribution >= 4 is 17.8 Å². The van der Waals surface area contributed by atoms with Crippen LogP contribution in [0.5, 0.6) is 0 Å². The lowest BCUT2D eigenvalue weighted by Crippen LogP contribution is -2.37. The molecule has 0 heterocycles. The normalized spacial score (nSPS) is 11.9. The Labute approximate surface area is 125 Å². The number of urea groups is 1. The maximum atomic E-state index is 11.4. The molecule has 0 aliphatic heterocycles. The number of carbonyl (C=O) groups excluding carboxylic acids is 1. The van der Waals surface area contributed by atoms with Gasteiger partial charge < -0.3 is 15.7 Å². The summed E-state index contributed by atoms with van der Waals surface area (Å²) in [6.45, 7) is 4.94. The van der Waals surface area contributed by atoms with E-state index in [1.54, 1.807) is 18.7 Å². The third-order valence-corrected chi connectivity index (χ3v) is 3.80. The number of amides is 2. The lowest BCUT2D eigenvalue weighted by Gasteiger charge is -2.08. The summed E-state index contributed by atoms with van der Waals surface area (Å²) in [6, 6.07) is 8.34. The van der Waals surface area contributed by atoms with Crippen molar-refractivity contribution in [1.29, 1.82) is 0 Å². The fourth-order valence-electron chi connectivity index (χ4n) is 1.57. The Kier molecular flexibility index (Phi) is 8.14. The fourth-order valence-corrected chi connectivity index (χ4v) is 2.39. The largest absolute Gasteiger partial charge is 0.393 e. The number of nitrogens with one attached hydrogen (secondary N) is 2. The quantitative estimate of drug-likeness (QED) is 0.645. The molecule has 0 bridgehead atoms. The van der Waals surface area contributed by atoms with Crippen molar-refractivity contribution in [3.8, 4) is 0 Å². The van der Waals surface area contributed by atoms with Crippen molar-refractivity contribution in [3.05, 3.63) is 35.4 Å². The van der Waals surface area contributed by atoms with Crippen LogP contribution in [0.15, 0.2) is 24.3 Å². The van der Waals surface area contributed by atoms with Gasteiger partial charge in [-0.25, -0.2) is 4.79 Å². The van der Waals surface area contributed by atoms with Crippen molar-refractivity contribution in [2.45, 2.75) is 32.1 Å². The van der Waals surface area contributed by atoms with Crippen LogP contribution in [0.25, 0.3) is 0 Å². The molecule has 0 saturated heterocycles. The second-order valence-electron chi connectivity index (χ2n) is 4.86. The Hall–Kier alpha value is -1.20. The number of hydrogen-bond donors (Lipinski definition) is 3. The summed E-state index contributed by atoms with van der Waals surface area (Å²) in [6.07, 6.45) is 0.204. The molecule has 4 nitrogen and oxygen atoms in total. The number of hydrogen-bond acceptors (Lipinski definition) is 3. The average molecular weight is 296 g/mol. The van der Waals surface area contributed by atoms with Crippen LogP contribution in [0.1, 0.15) is 24.5 Å². The van der Waals surface area contributed by atoms with Gasteiger partial charge in [0.2, 0.25) is 0 Å². The van der Waals surface area contributed by atoms with E-state index in [0.717, 1.165) is 11.5 Å². The molecule has 0 saturated carbocycles. The van der Waals surface area contributed by atoms with Crippen molar-refractivity contribution in [1.82, 2.24) is 10.6 Å². The molecule has 20 heavy (non-hydrogen) atoms. The average Bonchev–Trinajstić information content (AvgIpc) is 2.40. The first-order valence-corrected chi connectivity index (χ1v) is 8.06. The summed E-state index contributed by atoms with van der Waals surface area (Å²) < 4.78 is 0. The maximum Gasteiger partial charge on any atom is 0.314 e. The van der Waals surface area contributed by atoms with Crippen molar-refractivity contribution in [2.75, 3.05) is 18.8 Å². The van der Waals surface area contributed by atoms with Gasteiger partial charge in [-0.15, -0.1) is 0 Å². The molecule has 0 spiro atoms. The number of aryl methyl sites for hydroxylation is 1. The second kappa shape index (κ2) is 9.66. The Morgan fingerprint density at radius 1 is 1.25 bits per heavy atom. The highest BCUT2D eigenvalue weighted by atomic mass is 32.2. The summed E-state index contributed by atoms with van der Waals surface area (Å²) >= 11 is 1.80. The molecule has 1 atom stereocenters. The highest BCUT2D eigenvalue weighted by Gasteiger charge is 2.00. The number of carbonyl (C=O) groups is 1. The van der Waals surface area contributed by atoms with Crippen LogP contribution in [0.3, 0.4) is 0 Å². The maximum absolute atomic E-state index is 11.4. The van der Waals surface area contributed by atoms with E-state index in [-0.39, 0.29) is 12.1 Å². The Balaban J connectivity index is 2.01. The van der Waals surface area contributed by atoms with Gasteiger partial charge in [0.25, 0.3) is 0 Å². The molecule has 0 aromatic heterocycles. The summed E-state index contributed by atoms with van der Waals surface area (Å²) in [7, 11) is 0. The molecule has 0 radical (unpaired) electrons. The number of aliphatic hydroxyl groups is 1. The molecule has 3 N–H and O–H groups in total. The van der Waals surface area contributed by atoms with Crippen LogP contribution in [-0.4, -0.2) is 36.1 Å². The Morgan fingerprint density at radius 2 is 1.90 bits per heavy atom. The number of benzene rings is 1. The van der Waals surface area contributed by atoms with Gasteiger partial charge >= 0.3 is 6.03 Å². The molecule has 1 aromatic rings. The Morgan fingerprint density at radius 3 is 2.55 bits per heavy atom. The standard InChI is InChI=1S/C15H24N2O2S/c1-12-3-5-14(6-4-12)11-20-10-9-17-15(19)16-8-7-13(2)18/h3-6,13,18H,7-11H2,1-2H3,(H2,16,17,19). The summed E-state index contributed by atoms with van der Waals surface area (Å²) in [5, 5.41) is 14.6. The van der Waals surface area contributed by atoms with E-state index in [0.29, 0.717) is 19.5 Å². The molecule has 1 unspecified atom stereocenters. The molecule has 0 aliphatic carbocycles. The lowest BCUT2D eigenvalue weighted by molar-refractivity contribution is 0.183. The first-order chi connectivity index (χ1) is 9.58. The first kappa shape index (κ1) is 16.9. The van der Waals surface area contributed by atoms with Gasteiger partial charge in [0.05, 0.1) is 6.10 Å². The third kappa shape index (κ3) is 8.07. The van der Waals surface area contributed by atoms with Crippen LogP contribution < -0.4 is 10.6 Å². The first-order valence-electron chi connectivity index (χ1n) is 6.91. The smallest absolute Gasteiger partial charge is 0.314 e. The predicted molar refractivity (Wildman–Crippen MR) is 85.0 cm³/mol. The molecule has 5 heteroatoms. The van der Waals surface area contributed by atoms with E-state index in [4.69, 9.17) is 5.11 Å². The zero-order chi connectivity index (χ0) is 14.8. The summed E-state index contributed by atoms with van der Waals surface area (Å²) in [5.41, 5.74) is 2.58. The molecule has 1 aromatic carbocycles. The van der Waals surface area contributed by atoms with Crippen LogP contribution in [0.4, 0.5) is 4.79 Å². The van der Waals surface area contributed by atoms with Gasteiger partial charge in [-0.05, 0) is 25.8 Å². The monoisotopic (exact) mass is 296 g/mol. The van der Waals surface area contributed by atoms with E-state index < -0.39 is 0 Å². The summed E-state index contributed by atoms with van der Waals surface area (Å²) in [4.78, 5) is 11.4. The minimum Gasteiger partial charge on any atom is -0.393 e. The van der Waals surface area contributed by atoms with Gasteiger partial charge in [0.1, 0.15) is 0 Å². The predicted octanol–water partition coefficient (Wildman–Crippen LogP) is 2.30. The zero-order valence-electron chi connectivity index (χ0n) is 12.2. The highest BCUT2D eigenvalue weighted by molar-refractivity contribution is 7.98. The molecule has 2 amide bonds. The van der Waals surface area contributed by atoms with Gasteiger partial charge in [0.15, 0.2) is 0 Å². The number of rotatable bonds is 8. The highest BCUT2D eigenvalue weighted by Crippen LogP contribution is 2.12. The molecular formula is C15H24N2O2S. The second-order valence-corrected chi connectivity index (χ2v) is 5.96. The van der Waals surface area contributed by atoms with Crippen molar-refractivity contribution < 1.29 is 9.90 Å². The number of thioether (sulfide) groups is 1. The van der Waals surface area contributed by atoms with Crippen LogP contribution in [0.2, 0.25) is 0 Å². The SMILES string of the molecule is Cc1ccc(CSCCNC(=O)NCCC(C)O)cc1. The minimum atomic E-state index is -0.375. The molecule has 0 aliphatic rings.